The van der Waals surface area contributed by atoms with Crippen LogP contribution in [0.5, 0.6) is 5.75 Å². The number of carbonyl (C=O) groups excluding carboxylic acids is 1. The molecule has 4 rings (SSSR count). The number of esters is 1. The van der Waals surface area contributed by atoms with Gasteiger partial charge in [0.2, 0.25) is 0 Å². The third-order valence-corrected chi connectivity index (χ3v) is 7.41. The maximum atomic E-state index is 15.7. The van der Waals surface area contributed by atoms with E-state index in [1.165, 1.54) is 30.5 Å². The highest BCUT2D eigenvalue weighted by Crippen LogP contribution is 2.35. The number of aromatic nitrogens is 1. The Morgan fingerprint density at radius 2 is 1.85 bits per heavy atom. The number of hydrogen-bond acceptors (Lipinski definition) is 6. The van der Waals surface area contributed by atoms with E-state index in [0.29, 0.717) is 16.5 Å². The predicted molar refractivity (Wildman–Crippen MR) is 145 cm³/mol. The van der Waals surface area contributed by atoms with Gasteiger partial charge in [0.25, 0.3) is 6.01 Å². The highest BCUT2D eigenvalue weighted by Gasteiger charge is 2.22. The fourth-order valence-electron chi connectivity index (χ4n) is 3.97. The van der Waals surface area contributed by atoms with Crippen molar-refractivity contribution in [3.8, 4) is 16.9 Å². The van der Waals surface area contributed by atoms with Gasteiger partial charge in [-0.3, -0.25) is 9.78 Å². The van der Waals surface area contributed by atoms with Crippen molar-refractivity contribution in [2.24, 2.45) is 0 Å². The lowest BCUT2D eigenvalue weighted by Crippen LogP contribution is -2.33. The molecular weight excluding hydrogens is 545 g/mol. The summed E-state index contributed by atoms with van der Waals surface area (Å²) in [5, 5.41) is 0.365. The Morgan fingerprint density at radius 1 is 1.07 bits per heavy atom. The maximum Gasteiger partial charge on any atom is 0.310 e. The molecule has 0 fully saturated rings. The molecule has 0 unspecified atom stereocenters. The summed E-state index contributed by atoms with van der Waals surface area (Å²) in [4.78, 5) is 16.1. The summed E-state index contributed by atoms with van der Waals surface area (Å²) in [6.45, 7) is 7.06. The molecule has 0 aliphatic carbocycles. The lowest BCUT2D eigenvalue weighted by atomic mass is 10.00. The summed E-state index contributed by atoms with van der Waals surface area (Å²) in [5.41, 5.74) is 1.45. The van der Waals surface area contributed by atoms with Crippen LogP contribution in [0.15, 0.2) is 53.1 Å². The molecule has 11 heteroatoms. The molecule has 0 saturated carbocycles. The van der Waals surface area contributed by atoms with Crippen LogP contribution in [0, 0.1) is 17.6 Å². The number of nitrogens with zero attached hydrogens (tertiary/aromatic N) is 1. The minimum absolute atomic E-state index is 0.0281. The number of nitrogens with one attached hydrogen (secondary N) is 1. The highest BCUT2D eigenvalue weighted by atomic mass is 32.2. The summed E-state index contributed by atoms with van der Waals surface area (Å²) >= 11 is 0. The number of pyridine rings is 1. The van der Waals surface area contributed by atoms with Crippen LogP contribution in [-0.4, -0.2) is 26.5 Å². The van der Waals surface area contributed by atoms with Crippen molar-refractivity contribution in [1.82, 2.24) is 9.71 Å². The lowest BCUT2D eigenvalue weighted by molar-refractivity contribution is -0.142. The third-order valence-electron chi connectivity index (χ3n) is 5.89. The number of fused-ring (bicyclic) bond motifs is 1. The highest BCUT2D eigenvalue weighted by molar-refractivity contribution is 7.84. The number of benzene rings is 2. The quantitative estimate of drug-likeness (QED) is 0.229. The molecule has 0 amide bonds. The van der Waals surface area contributed by atoms with Crippen molar-refractivity contribution in [3.05, 3.63) is 83.1 Å². The molecule has 0 radical (unpaired) electrons. The molecule has 0 saturated heterocycles. The SMILES string of the molecule is CCOC(=O)Cc1ccc(F)cc1OCc1cc(-c2ccnc(CN[S@@](=O)C(C)(C)C)c2F)c2oc(F)cc2c1. The Morgan fingerprint density at radius 3 is 2.58 bits per heavy atom. The number of ether oxygens (including phenoxy) is 2. The summed E-state index contributed by atoms with van der Waals surface area (Å²) in [6, 6.07) is 8.77. The van der Waals surface area contributed by atoms with Crippen molar-refractivity contribution in [3.63, 3.8) is 0 Å². The van der Waals surface area contributed by atoms with Crippen LogP contribution in [-0.2, 0) is 40.1 Å². The second-order valence-electron chi connectivity index (χ2n) is 9.96. The molecule has 2 aromatic carbocycles. The van der Waals surface area contributed by atoms with E-state index in [0.717, 1.165) is 6.07 Å². The van der Waals surface area contributed by atoms with Crippen molar-refractivity contribution in [2.45, 2.75) is 52.0 Å². The van der Waals surface area contributed by atoms with Gasteiger partial charge in [-0.05, 0) is 57.5 Å². The van der Waals surface area contributed by atoms with E-state index in [9.17, 15) is 17.8 Å². The Labute approximate surface area is 232 Å². The number of furan rings is 1. The van der Waals surface area contributed by atoms with Crippen LogP contribution < -0.4 is 9.46 Å². The second-order valence-corrected chi connectivity index (χ2v) is 12.0. The van der Waals surface area contributed by atoms with Gasteiger partial charge in [0.1, 0.15) is 23.8 Å². The van der Waals surface area contributed by atoms with Crippen LogP contribution in [0.2, 0.25) is 0 Å². The Bertz CT molecular complexity index is 1570. The first-order chi connectivity index (χ1) is 19.0. The molecule has 1 N–H and O–H groups in total. The molecule has 7 nitrogen and oxygen atoms in total. The minimum Gasteiger partial charge on any atom is -0.488 e. The van der Waals surface area contributed by atoms with Gasteiger partial charge in [0.15, 0.2) is 5.82 Å². The smallest absolute Gasteiger partial charge is 0.310 e. The zero-order valence-corrected chi connectivity index (χ0v) is 23.3. The molecule has 212 valence electrons. The first kappa shape index (κ1) is 29.3. The van der Waals surface area contributed by atoms with Gasteiger partial charge in [-0.1, -0.05) is 6.07 Å². The fourth-order valence-corrected chi connectivity index (χ4v) is 4.67. The van der Waals surface area contributed by atoms with Gasteiger partial charge < -0.3 is 13.9 Å². The van der Waals surface area contributed by atoms with Crippen molar-refractivity contribution in [1.29, 1.82) is 0 Å². The Kier molecular flexibility index (Phi) is 8.95. The first-order valence-corrected chi connectivity index (χ1v) is 13.7. The number of halogens is 3. The average molecular weight is 575 g/mol. The molecular formula is C29H29F3N2O5S. The molecule has 40 heavy (non-hydrogen) atoms. The fraction of sp³-hybridized carbons (Fsp3) is 0.310. The zero-order chi connectivity index (χ0) is 29.0. The summed E-state index contributed by atoms with van der Waals surface area (Å²) in [5.74, 6) is -1.58. The van der Waals surface area contributed by atoms with Crippen LogP contribution in [0.1, 0.15) is 44.5 Å². The average Bonchev–Trinajstić information content (AvgIpc) is 3.27. The number of carbonyl (C=O) groups is 1. The van der Waals surface area contributed by atoms with Gasteiger partial charge >= 0.3 is 5.97 Å². The minimum atomic E-state index is -1.45. The van der Waals surface area contributed by atoms with E-state index < -0.39 is 39.4 Å². The Balaban J connectivity index is 1.66. The van der Waals surface area contributed by atoms with Crippen LogP contribution in [0.25, 0.3) is 22.1 Å². The zero-order valence-electron chi connectivity index (χ0n) is 22.5. The van der Waals surface area contributed by atoms with Crippen LogP contribution >= 0.6 is 0 Å². The topological polar surface area (TPSA) is 90.7 Å². The standard InChI is InChI=1S/C29H29F3N2O5S/c1-5-37-26(35)13-18-6-7-20(30)14-24(18)38-16-17-10-19-12-25(31)39-28(19)22(11-17)21-8-9-33-23(27(21)32)15-34-40(36)29(2,3)4/h6-12,14,34H,5,13,15-16H2,1-4H3/t40-/m0/s1. The third kappa shape index (κ3) is 6.89. The maximum absolute atomic E-state index is 15.7. The number of rotatable bonds is 10. The first-order valence-electron chi connectivity index (χ1n) is 12.5. The monoisotopic (exact) mass is 574 g/mol. The van der Waals surface area contributed by atoms with Gasteiger partial charge in [0, 0.05) is 40.4 Å². The molecule has 1 atom stereocenters. The van der Waals surface area contributed by atoms with E-state index in [-0.39, 0.29) is 54.3 Å². The number of hydrogen-bond donors (Lipinski definition) is 1. The van der Waals surface area contributed by atoms with Crippen LogP contribution in [0.3, 0.4) is 0 Å². The van der Waals surface area contributed by atoms with E-state index in [2.05, 4.69) is 9.71 Å². The van der Waals surface area contributed by atoms with E-state index in [1.807, 2.05) is 0 Å². The molecule has 0 bridgehead atoms. The molecule has 0 aliphatic heterocycles. The van der Waals surface area contributed by atoms with Gasteiger partial charge in [-0.25, -0.2) is 17.7 Å². The largest absolute Gasteiger partial charge is 0.488 e. The van der Waals surface area contributed by atoms with E-state index >= 15 is 4.39 Å². The normalized spacial score (nSPS) is 12.5. The van der Waals surface area contributed by atoms with Crippen LogP contribution in [0.4, 0.5) is 13.2 Å². The van der Waals surface area contributed by atoms with Crippen molar-refractivity contribution in [2.75, 3.05) is 6.61 Å². The summed E-state index contributed by atoms with van der Waals surface area (Å²) < 4.78 is 74.5. The van der Waals surface area contributed by atoms with E-state index in [4.69, 9.17) is 13.9 Å². The summed E-state index contributed by atoms with van der Waals surface area (Å²) in [7, 11) is -1.45. The predicted octanol–water partition coefficient (Wildman–Crippen LogP) is 6.15. The lowest BCUT2D eigenvalue weighted by Gasteiger charge is -2.18. The van der Waals surface area contributed by atoms with Gasteiger partial charge in [-0.15, -0.1) is 0 Å². The van der Waals surface area contributed by atoms with Crippen molar-refractivity contribution < 1.29 is 36.1 Å². The van der Waals surface area contributed by atoms with Gasteiger partial charge in [-0.2, -0.15) is 4.39 Å². The van der Waals surface area contributed by atoms with Gasteiger partial charge in [0.05, 0.1) is 41.0 Å². The molecule has 4 aromatic rings. The Hall–Kier alpha value is -3.70. The molecule has 0 spiro atoms. The second kappa shape index (κ2) is 12.2. The molecule has 2 heterocycles. The molecule has 2 aromatic heterocycles. The van der Waals surface area contributed by atoms with Crippen molar-refractivity contribution >= 4 is 27.9 Å². The summed E-state index contributed by atoms with van der Waals surface area (Å²) in [6.07, 6.45) is 1.29. The van der Waals surface area contributed by atoms with E-state index in [1.54, 1.807) is 39.8 Å². The molecule has 0 aliphatic rings.